The van der Waals surface area contributed by atoms with Crippen LogP contribution < -0.4 is 10.1 Å². The van der Waals surface area contributed by atoms with Crippen molar-refractivity contribution in [1.82, 2.24) is 4.90 Å². The summed E-state index contributed by atoms with van der Waals surface area (Å²) in [6.45, 7) is 3.86. The summed E-state index contributed by atoms with van der Waals surface area (Å²) >= 11 is 5.90. The fraction of sp³-hybridized carbons (Fsp3) is 0.429. The van der Waals surface area contributed by atoms with Gasteiger partial charge in [-0.1, -0.05) is 18.5 Å². The van der Waals surface area contributed by atoms with Crippen molar-refractivity contribution in [3.05, 3.63) is 23.2 Å². The number of amides is 2. The van der Waals surface area contributed by atoms with Gasteiger partial charge >= 0.3 is 12.0 Å². The number of nitrogens with one attached hydrogen (secondary N) is 1. The smallest absolute Gasteiger partial charge is 0.321 e. The molecule has 1 aromatic carbocycles. The number of rotatable bonds is 6. The summed E-state index contributed by atoms with van der Waals surface area (Å²) < 4.78 is 5.15. The van der Waals surface area contributed by atoms with Crippen molar-refractivity contribution < 1.29 is 19.4 Å². The van der Waals surface area contributed by atoms with E-state index in [2.05, 4.69) is 5.32 Å². The van der Waals surface area contributed by atoms with E-state index in [1.807, 2.05) is 0 Å². The van der Waals surface area contributed by atoms with Crippen LogP contribution in [0.25, 0.3) is 0 Å². The summed E-state index contributed by atoms with van der Waals surface area (Å²) in [5.41, 5.74) is 0.441. The summed E-state index contributed by atoms with van der Waals surface area (Å²) in [5.74, 6) is -1.10. The molecule has 1 atom stereocenters. The van der Waals surface area contributed by atoms with E-state index in [-0.39, 0.29) is 6.54 Å². The Balaban J connectivity index is 2.83. The summed E-state index contributed by atoms with van der Waals surface area (Å²) in [4.78, 5) is 24.5. The number of carbonyl (C=O) groups excluding carboxylic acids is 1. The Morgan fingerprint density at radius 1 is 1.48 bits per heavy atom. The molecule has 0 bridgehead atoms. The van der Waals surface area contributed by atoms with Crippen molar-refractivity contribution in [2.75, 3.05) is 25.5 Å². The number of urea groups is 1. The Kier molecular flexibility index (Phi) is 6.30. The molecule has 0 aliphatic carbocycles. The highest BCUT2D eigenvalue weighted by molar-refractivity contribution is 6.31. The van der Waals surface area contributed by atoms with Gasteiger partial charge in [-0.15, -0.1) is 0 Å². The third-order valence-electron chi connectivity index (χ3n) is 2.99. The first kappa shape index (κ1) is 17.1. The van der Waals surface area contributed by atoms with Gasteiger partial charge in [-0.2, -0.15) is 0 Å². The number of benzene rings is 1. The maximum Gasteiger partial charge on any atom is 0.321 e. The predicted molar refractivity (Wildman–Crippen MR) is 81.1 cm³/mol. The highest BCUT2D eigenvalue weighted by Crippen LogP contribution is 2.27. The van der Waals surface area contributed by atoms with E-state index in [0.29, 0.717) is 23.0 Å². The van der Waals surface area contributed by atoms with Crippen molar-refractivity contribution in [3.63, 3.8) is 0 Å². The highest BCUT2D eigenvalue weighted by Gasteiger charge is 2.20. The van der Waals surface area contributed by atoms with Gasteiger partial charge in [0, 0.05) is 18.1 Å². The molecule has 2 amide bonds. The lowest BCUT2D eigenvalue weighted by molar-refractivity contribution is -0.141. The number of hydrogen-bond donors (Lipinski definition) is 2. The van der Waals surface area contributed by atoms with Crippen molar-refractivity contribution in [3.8, 4) is 5.75 Å². The number of nitrogens with zero attached hydrogens (tertiary/aromatic N) is 1. The number of halogens is 1. The lowest BCUT2D eigenvalue weighted by Crippen LogP contribution is -2.39. The van der Waals surface area contributed by atoms with E-state index in [1.165, 1.54) is 12.0 Å². The second kappa shape index (κ2) is 7.73. The van der Waals surface area contributed by atoms with Crippen molar-refractivity contribution in [2.45, 2.75) is 13.8 Å². The molecule has 1 rings (SSSR count). The predicted octanol–water partition coefficient (Wildman–Crippen LogP) is 2.92. The fourth-order valence-electron chi connectivity index (χ4n) is 1.74. The number of ether oxygens (including phenoxy) is 1. The van der Waals surface area contributed by atoms with Crippen molar-refractivity contribution >= 4 is 29.3 Å². The molecule has 7 heteroatoms. The number of aliphatic carboxylic acids is 1. The molecule has 1 unspecified atom stereocenters. The molecule has 1 aromatic rings. The van der Waals surface area contributed by atoms with Crippen LogP contribution in [-0.2, 0) is 4.79 Å². The second-order valence-electron chi connectivity index (χ2n) is 4.55. The topological polar surface area (TPSA) is 78.9 Å². The van der Waals surface area contributed by atoms with E-state index in [9.17, 15) is 9.59 Å². The Morgan fingerprint density at radius 2 is 2.14 bits per heavy atom. The molecule has 6 nitrogen and oxygen atoms in total. The third kappa shape index (κ3) is 4.82. The SMILES string of the molecule is CCN(CC(C)C(=O)O)C(=O)Nc1cc(Cl)ccc1OC. The minimum absolute atomic E-state index is 0.126. The van der Waals surface area contributed by atoms with Gasteiger partial charge < -0.3 is 20.1 Å². The average molecular weight is 315 g/mol. The molecular formula is C14H19ClN2O4. The van der Waals surface area contributed by atoms with Crippen LogP contribution in [0.4, 0.5) is 10.5 Å². The minimum Gasteiger partial charge on any atom is -0.495 e. The zero-order valence-electron chi connectivity index (χ0n) is 12.2. The second-order valence-corrected chi connectivity index (χ2v) is 4.99. The maximum atomic E-state index is 12.2. The monoisotopic (exact) mass is 314 g/mol. The summed E-state index contributed by atoms with van der Waals surface area (Å²) in [5, 5.41) is 12.1. The van der Waals surface area contributed by atoms with Crippen LogP contribution in [0.2, 0.25) is 5.02 Å². The first-order valence-electron chi connectivity index (χ1n) is 6.51. The molecule has 0 fully saturated rings. The van der Waals surface area contributed by atoms with Crippen LogP contribution >= 0.6 is 11.6 Å². The number of carboxylic acids is 1. The zero-order chi connectivity index (χ0) is 16.0. The molecular weight excluding hydrogens is 296 g/mol. The summed E-state index contributed by atoms with van der Waals surface area (Å²) in [7, 11) is 1.49. The largest absolute Gasteiger partial charge is 0.495 e. The van der Waals surface area contributed by atoms with E-state index in [0.717, 1.165) is 0 Å². The highest BCUT2D eigenvalue weighted by atomic mass is 35.5. The molecule has 2 N–H and O–H groups in total. The number of hydrogen-bond acceptors (Lipinski definition) is 3. The van der Waals surface area contributed by atoms with Crippen LogP contribution in [0.15, 0.2) is 18.2 Å². The van der Waals surface area contributed by atoms with Crippen LogP contribution in [0.3, 0.4) is 0 Å². The molecule has 0 heterocycles. The summed E-state index contributed by atoms with van der Waals surface area (Å²) in [6, 6.07) is 4.48. The quantitative estimate of drug-likeness (QED) is 0.846. The third-order valence-corrected chi connectivity index (χ3v) is 3.22. The van der Waals surface area contributed by atoms with Gasteiger partial charge in [-0.3, -0.25) is 4.79 Å². The fourth-order valence-corrected chi connectivity index (χ4v) is 1.91. The molecule has 0 spiro atoms. The average Bonchev–Trinajstić information content (AvgIpc) is 2.44. The van der Waals surface area contributed by atoms with E-state index < -0.39 is 17.9 Å². The number of carbonyl (C=O) groups is 2. The molecule has 0 aromatic heterocycles. The molecule has 0 radical (unpaired) electrons. The Hall–Kier alpha value is -1.95. The first-order valence-corrected chi connectivity index (χ1v) is 6.89. The molecule has 0 saturated heterocycles. The molecule has 0 aliphatic rings. The molecule has 116 valence electrons. The Bertz CT molecular complexity index is 522. The van der Waals surface area contributed by atoms with Crippen molar-refractivity contribution in [1.29, 1.82) is 0 Å². The summed E-state index contributed by atoms with van der Waals surface area (Å²) in [6.07, 6.45) is 0. The van der Waals surface area contributed by atoms with Gasteiger partial charge in [0.1, 0.15) is 5.75 Å². The Labute approximate surface area is 128 Å². The van der Waals surface area contributed by atoms with E-state index in [1.54, 1.807) is 32.0 Å². The van der Waals surface area contributed by atoms with Gasteiger partial charge in [-0.25, -0.2) is 4.79 Å². The van der Waals surface area contributed by atoms with Gasteiger partial charge in [-0.05, 0) is 25.1 Å². The lowest BCUT2D eigenvalue weighted by atomic mass is 10.2. The van der Waals surface area contributed by atoms with Gasteiger partial charge in [0.15, 0.2) is 0 Å². The van der Waals surface area contributed by atoms with Crippen molar-refractivity contribution in [2.24, 2.45) is 5.92 Å². The molecule has 0 saturated carbocycles. The van der Waals surface area contributed by atoms with E-state index in [4.69, 9.17) is 21.4 Å². The van der Waals surface area contributed by atoms with Crippen LogP contribution in [0, 0.1) is 5.92 Å². The van der Waals surface area contributed by atoms with Gasteiger partial charge in [0.2, 0.25) is 0 Å². The van der Waals surface area contributed by atoms with Crippen LogP contribution in [0.1, 0.15) is 13.8 Å². The number of methoxy groups -OCH3 is 1. The maximum absolute atomic E-state index is 12.2. The zero-order valence-corrected chi connectivity index (χ0v) is 13.0. The normalized spacial score (nSPS) is 11.6. The standard InChI is InChI=1S/C14H19ClN2O4/c1-4-17(8-9(2)13(18)19)14(20)16-11-7-10(15)5-6-12(11)21-3/h5-7,9H,4,8H2,1-3H3,(H,16,20)(H,18,19). The first-order chi connectivity index (χ1) is 9.88. The van der Waals surface area contributed by atoms with Crippen LogP contribution in [-0.4, -0.2) is 42.2 Å². The van der Waals surface area contributed by atoms with E-state index >= 15 is 0 Å². The van der Waals surface area contributed by atoms with Gasteiger partial charge in [0.05, 0.1) is 18.7 Å². The van der Waals surface area contributed by atoms with Crippen LogP contribution in [0.5, 0.6) is 5.75 Å². The number of anilines is 1. The van der Waals surface area contributed by atoms with Gasteiger partial charge in [0.25, 0.3) is 0 Å². The minimum atomic E-state index is -0.943. The number of carboxylic acid groups (broad SMARTS) is 1. The lowest BCUT2D eigenvalue weighted by Gasteiger charge is -2.23. The molecule has 0 aliphatic heterocycles. The Morgan fingerprint density at radius 3 is 2.67 bits per heavy atom. The molecule has 21 heavy (non-hydrogen) atoms.